The first kappa shape index (κ1) is 23.4. The lowest BCUT2D eigenvalue weighted by Crippen LogP contribution is -2.27. The molecule has 4 rings (SSSR count). The van der Waals surface area contributed by atoms with Crippen LogP contribution < -0.4 is 5.73 Å². The van der Waals surface area contributed by atoms with Gasteiger partial charge >= 0.3 is 5.97 Å². The molecule has 0 radical (unpaired) electrons. The van der Waals surface area contributed by atoms with Crippen LogP contribution in [0.15, 0.2) is 54.6 Å². The van der Waals surface area contributed by atoms with Crippen LogP contribution in [-0.2, 0) is 10.2 Å². The number of fused-ring (bicyclic) bond motifs is 1. The molecule has 0 aliphatic heterocycles. The lowest BCUT2D eigenvalue weighted by atomic mass is 9.84. The Kier molecular flexibility index (Phi) is 5.91. The molecular weight excluding hydrogens is 438 g/mol. The third kappa shape index (κ3) is 3.92. The van der Waals surface area contributed by atoms with Crippen molar-refractivity contribution in [2.75, 3.05) is 19.5 Å². The highest BCUT2D eigenvalue weighted by Gasteiger charge is 2.33. The van der Waals surface area contributed by atoms with E-state index in [0.29, 0.717) is 28.8 Å². The number of hydrogen-bond acceptors (Lipinski definition) is 3. The second kappa shape index (κ2) is 8.57. The molecule has 0 amide bonds. The van der Waals surface area contributed by atoms with E-state index >= 15 is 0 Å². The molecule has 3 N–H and O–H groups in total. The number of anilines is 1. The quantitative estimate of drug-likeness (QED) is 0.339. The van der Waals surface area contributed by atoms with Crippen LogP contribution in [0.2, 0.25) is 0 Å². The number of carbonyl (C=O) groups is 1. The van der Waals surface area contributed by atoms with Gasteiger partial charge in [-0.25, -0.2) is 13.6 Å². The van der Waals surface area contributed by atoms with Gasteiger partial charge in [0.15, 0.2) is 0 Å². The molecule has 0 aliphatic carbocycles. The first-order valence-corrected chi connectivity index (χ1v) is 10.8. The largest absolute Gasteiger partial charge is 0.478 e. The molecule has 0 fully saturated rings. The molecule has 0 atom stereocenters. The fourth-order valence-corrected chi connectivity index (χ4v) is 4.58. The molecule has 0 saturated carbocycles. The summed E-state index contributed by atoms with van der Waals surface area (Å²) >= 11 is 0. The minimum atomic E-state index is -1.03. The maximum absolute atomic E-state index is 14.6. The van der Waals surface area contributed by atoms with Gasteiger partial charge in [-0.3, -0.25) is 0 Å². The smallest absolute Gasteiger partial charge is 0.335 e. The number of rotatable bonds is 6. The number of aromatic carboxylic acids is 1. The molecule has 176 valence electrons. The van der Waals surface area contributed by atoms with Crippen molar-refractivity contribution in [1.29, 1.82) is 0 Å². The van der Waals surface area contributed by atoms with Crippen LogP contribution in [0.3, 0.4) is 0 Å². The van der Waals surface area contributed by atoms with Crippen molar-refractivity contribution in [3.8, 4) is 16.8 Å². The van der Waals surface area contributed by atoms with Gasteiger partial charge in [-0.1, -0.05) is 26.0 Å². The minimum Gasteiger partial charge on any atom is -0.478 e. The topological polar surface area (TPSA) is 77.5 Å². The van der Waals surface area contributed by atoms with E-state index in [1.807, 2.05) is 18.4 Å². The van der Waals surface area contributed by atoms with E-state index in [2.05, 4.69) is 0 Å². The lowest BCUT2D eigenvalue weighted by molar-refractivity contribution is 0.0697. The second-order valence-corrected chi connectivity index (χ2v) is 9.08. The van der Waals surface area contributed by atoms with Crippen molar-refractivity contribution in [3.63, 3.8) is 0 Å². The van der Waals surface area contributed by atoms with Crippen molar-refractivity contribution in [2.45, 2.75) is 26.2 Å². The molecule has 0 bridgehead atoms. The van der Waals surface area contributed by atoms with Crippen LogP contribution in [0, 0.1) is 18.6 Å². The van der Waals surface area contributed by atoms with E-state index in [9.17, 15) is 18.7 Å². The minimum absolute atomic E-state index is 0.151. The van der Waals surface area contributed by atoms with E-state index in [1.165, 1.54) is 30.3 Å². The number of nitrogens with two attached hydrogens (primary N) is 1. The molecular formula is C27H26F2N2O3. The Balaban J connectivity index is 2.19. The standard InChI is InChI=1S/C27H26F2N2O3/c1-15-11-19(9-10-20(15)29)31-22-13-18(28)12-21(30)24(22)23(25(31)27(2,3)14-34-4)16-5-7-17(8-6-16)26(32)33/h5-13H,14,30H2,1-4H3,(H,32,33). The fourth-order valence-electron chi connectivity index (χ4n) is 4.58. The summed E-state index contributed by atoms with van der Waals surface area (Å²) in [6.07, 6.45) is 0. The molecule has 1 aromatic heterocycles. The Labute approximate surface area is 196 Å². The van der Waals surface area contributed by atoms with Gasteiger partial charge in [-0.2, -0.15) is 0 Å². The van der Waals surface area contributed by atoms with Crippen molar-refractivity contribution >= 4 is 22.6 Å². The highest BCUT2D eigenvalue weighted by Crippen LogP contribution is 2.45. The number of nitrogens with zero attached hydrogens (tertiary/aromatic N) is 1. The van der Waals surface area contributed by atoms with E-state index in [4.69, 9.17) is 10.5 Å². The number of nitrogen functional groups attached to an aromatic ring is 1. The molecule has 7 heteroatoms. The van der Waals surface area contributed by atoms with Gasteiger partial charge in [-0.15, -0.1) is 0 Å². The Morgan fingerprint density at radius 3 is 2.35 bits per heavy atom. The van der Waals surface area contributed by atoms with Crippen LogP contribution in [0.5, 0.6) is 0 Å². The highest BCUT2D eigenvalue weighted by atomic mass is 19.1. The van der Waals surface area contributed by atoms with Crippen LogP contribution in [0.25, 0.3) is 27.7 Å². The zero-order valence-electron chi connectivity index (χ0n) is 19.4. The Bertz CT molecular complexity index is 1410. The number of hydrogen-bond donors (Lipinski definition) is 2. The van der Waals surface area contributed by atoms with Crippen LogP contribution >= 0.6 is 0 Å². The van der Waals surface area contributed by atoms with Gasteiger partial charge in [0.25, 0.3) is 0 Å². The van der Waals surface area contributed by atoms with Crippen LogP contribution in [0.1, 0.15) is 35.5 Å². The van der Waals surface area contributed by atoms with Crippen LogP contribution in [0.4, 0.5) is 14.5 Å². The number of halogens is 2. The summed E-state index contributed by atoms with van der Waals surface area (Å²) in [5.74, 6) is -1.86. The number of carboxylic acid groups (broad SMARTS) is 1. The monoisotopic (exact) mass is 464 g/mol. The van der Waals surface area contributed by atoms with E-state index in [-0.39, 0.29) is 17.1 Å². The van der Waals surface area contributed by atoms with E-state index in [0.717, 1.165) is 16.8 Å². The summed E-state index contributed by atoms with van der Waals surface area (Å²) < 4.78 is 36.2. The Morgan fingerprint density at radius 1 is 1.09 bits per heavy atom. The second-order valence-electron chi connectivity index (χ2n) is 9.08. The fraction of sp³-hybridized carbons (Fsp3) is 0.222. The first-order valence-electron chi connectivity index (χ1n) is 10.8. The third-order valence-corrected chi connectivity index (χ3v) is 6.03. The van der Waals surface area contributed by atoms with Gasteiger partial charge < -0.3 is 20.1 Å². The van der Waals surface area contributed by atoms with Gasteiger partial charge in [0.05, 0.1) is 17.7 Å². The van der Waals surface area contributed by atoms with Crippen molar-refractivity contribution in [2.24, 2.45) is 0 Å². The molecule has 4 aromatic rings. The number of methoxy groups -OCH3 is 1. The zero-order chi connectivity index (χ0) is 24.8. The summed E-state index contributed by atoms with van der Waals surface area (Å²) in [5, 5.41) is 9.96. The summed E-state index contributed by atoms with van der Waals surface area (Å²) in [5.41, 5.74) is 10.1. The number of aromatic nitrogens is 1. The van der Waals surface area contributed by atoms with Gasteiger partial charge in [0.1, 0.15) is 11.6 Å². The summed E-state index contributed by atoms with van der Waals surface area (Å²) in [6.45, 7) is 6.01. The zero-order valence-corrected chi connectivity index (χ0v) is 19.4. The molecule has 0 unspecified atom stereocenters. The third-order valence-electron chi connectivity index (χ3n) is 6.03. The molecule has 0 spiro atoms. The van der Waals surface area contributed by atoms with Gasteiger partial charge in [0, 0.05) is 40.5 Å². The molecule has 0 saturated heterocycles. The molecule has 0 aliphatic rings. The van der Waals surface area contributed by atoms with E-state index < -0.39 is 17.2 Å². The highest BCUT2D eigenvalue weighted by molar-refractivity contribution is 6.07. The van der Waals surface area contributed by atoms with E-state index in [1.54, 1.807) is 38.3 Å². The summed E-state index contributed by atoms with van der Waals surface area (Å²) in [6, 6.07) is 13.9. The predicted octanol–water partition coefficient (Wildman–Crippen LogP) is 6.09. The first-order chi connectivity index (χ1) is 16.0. The average molecular weight is 465 g/mol. The predicted molar refractivity (Wildman–Crippen MR) is 130 cm³/mol. The number of benzene rings is 3. The molecule has 5 nitrogen and oxygen atoms in total. The lowest BCUT2D eigenvalue weighted by Gasteiger charge is -2.28. The Hall–Kier alpha value is -3.71. The number of ether oxygens (including phenoxy) is 1. The molecule has 3 aromatic carbocycles. The van der Waals surface area contributed by atoms with Gasteiger partial charge in [0.2, 0.25) is 0 Å². The molecule has 34 heavy (non-hydrogen) atoms. The summed E-state index contributed by atoms with van der Waals surface area (Å²) in [4.78, 5) is 11.4. The van der Waals surface area contributed by atoms with Crippen LogP contribution in [-0.4, -0.2) is 29.4 Å². The summed E-state index contributed by atoms with van der Waals surface area (Å²) in [7, 11) is 1.60. The van der Waals surface area contributed by atoms with Crippen molar-refractivity contribution < 1.29 is 23.4 Å². The van der Waals surface area contributed by atoms with Crippen molar-refractivity contribution in [1.82, 2.24) is 4.57 Å². The normalized spacial score (nSPS) is 11.8. The average Bonchev–Trinajstić information content (AvgIpc) is 3.12. The SMILES string of the molecule is COCC(C)(C)c1c(-c2ccc(C(=O)O)cc2)c2c(N)cc(F)cc2n1-c1ccc(F)c(C)c1. The Morgan fingerprint density at radius 2 is 1.76 bits per heavy atom. The van der Waals surface area contributed by atoms with Gasteiger partial charge in [-0.05, 0) is 60.5 Å². The maximum atomic E-state index is 14.6. The number of carboxylic acids is 1. The van der Waals surface area contributed by atoms with Crippen molar-refractivity contribution in [3.05, 3.63) is 83.1 Å². The maximum Gasteiger partial charge on any atom is 0.335 e. The number of aryl methyl sites for hydroxylation is 1. The molecule has 1 heterocycles.